The average molecular weight is 447 g/mol. The van der Waals surface area contributed by atoms with Crippen LogP contribution in [0.3, 0.4) is 0 Å². The molecule has 1 N–H and O–H groups in total. The molecular formula is C26H26N2O5. The summed E-state index contributed by atoms with van der Waals surface area (Å²) in [5, 5.41) is 2.92. The molecule has 0 aliphatic rings. The standard InChI is InChI=1S/C26H26N2O5/c1-15(2)16-6-8-17(9-7-16)25(29)27-19-10-11-21-20(14-19)28-26(33-21)18-12-22(30-3)24(32-5)23(13-18)31-4/h6-15H,1-5H3,(H,27,29). The van der Waals surface area contributed by atoms with Crippen LogP contribution < -0.4 is 19.5 Å². The summed E-state index contributed by atoms with van der Waals surface area (Å²) in [6.07, 6.45) is 0. The van der Waals surface area contributed by atoms with Crippen molar-refractivity contribution < 1.29 is 23.4 Å². The normalized spacial score (nSPS) is 11.0. The lowest BCUT2D eigenvalue weighted by Crippen LogP contribution is -2.11. The molecule has 1 heterocycles. The molecule has 1 aromatic heterocycles. The number of methoxy groups -OCH3 is 3. The number of ether oxygens (including phenoxy) is 3. The largest absolute Gasteiger partial charge is 0.493 e. The molecule has 0 saturated heterocycles. The molecule has 0 spiro atoms. The zero-order chi connectivity index (χ0) is 23.5. The van der Waals surface area contributed by atoms with E-state index in [1.807, 2.05) is 24.3 Å². The van der Waals surface area contributed by atoms with Crippen LogP contribution in [0.25, 0.3) is 22.6 Å². The fourth-order valence-electron chi connectivity index (χ4n) is 3.56. The van der Waals surface area contributed by atoms with E-state index in [0.29, 0.717) is 57.0 Å². The molecule has 0 radical (unpaired) electrons. The van der Waals surface area contributed by atoms with E-state index in [4.69, 9.17) is 18.6 Å². The molecule has 0 atom stereocenters. The SMILES string of the molecule is COc1cc(-c2nc3cc(NC(=O)c4ccc(C(C)C)cc4)ccc3o2)cc(OC)c1OC. The van der Waals surface area contributed by atoms with Crippen molar-refractivity contribution in [3.8, 4) is 28.7 Å². The third kappa shape index (κ3) is 4.48. The molecule has 3 aromatic carbocycles. The summed E-state index contributed by atoms with van der Waals surface area (Å²) in [6.45, 7) is 4.24. The van der Waals surface area contributed by atoms with E-state index >= 15 is 0 Å². The maximum absolute atomic E-state index is 12.7. The molecular weight excluding hydrogens is 420 g/mol. The Balaban J connectivity index is 1.61. The van der Waals surface area contributed by atoms with Crippen molar-refractivity contribution in [3.63, 3.8) is 0 Å². The minimum atomic E-state index is -0.182. The summed E-state index contributed by atoms with van der Waals surface area (Å²) >= 11 is 0. The molecule has 1 amide bonds. The first-order valence-electron chi connectivity index (χ1n) is 10.6. The number of rotatable bonds is 7. The summed E-state index contributed by atoms with van der Waals surface area (Å²) in [4.78, 5) is 17.3. The van der Waals surface area contributed by atoms with Crippen LogP contribution in [0.2, 0.25) is 0 Å². The number of carbonyl (C=O) groups is 1. The van der Waals surface area contributed by atoms with Gasteiger partial charge in [0.15, 0.2) is 17.1 Å². The van der Waals surface area contributed by atoms with Gasteiger partial charge in [0, 0.05) is 16.8 Å². The Bertz CT molecular complexity index is 1270. The second kappa shape index (κ2) is 9.24. The fourth-order valence-corrected chi connectivity index (χ4v) is 3.56. The van der Waals surface area contributed by atoms with Crippen LogP contribution in [0.5, 0.6) is 17.2 Å². The predicted octanol–water partition coefficient (Wildman–Crippen LogP) is 5.90. The van der Waals surface area contributed by atoms with E-state index in [9.17, 15) is 4.79 Å². The van der Waals surface area contributed by atoms with Crippen LogP contribution >= 0.6 is 0 Å². The summed E-state index contributed by atoms with van der Waals surface area (Å²) in [6, 6.07) is 16.5. The summed E-state index contributed by atoms with van der Waals surface area (Å²) in [7, 11) is 4.66. The molecule has 33 heavy (non-hydrogen) atoms. The van der Waals surface area contributed by atoms with Crippen LogP contribution in [0.15, 0.2) is 59.0 Å². The number of hydrogen-bond donors (Lipinski definition) is 1. The first kappa shape index (κ1) is 22.2. The number of amides is 1. The number of benzene rings is 3. The van der Waals surface area contributed by atoms with Gasteiger partial charge in [0.1, 0.15) is 5.52 Å². The first-order valence-corrected chi connectivity index (χ1v) is 10.6. The van der Waals surface area contributed by atoms with Gasteiger partial charge in [0.05, 0.1) is 21.3 Å². The third-order valence-corrected chi connectivity index (χ3v) is 5.40. The van der Waals surface area contributed by atoms with Gasteiger partial charge < -0.3 is 23.9 Å². The molecule has 4 aromatic rings. The van der Waals surface area contributed by atoms with Crippen molar-refractivity contribution in [2.45, 2.75) is 19.8 Å². The van der Waals surface area contributed by atoms with Crippen molar-refractivity contribution in [1.82, 2.24) is 4.98 Å². The van der Waals surface area contributed by atoms with Crippen LogP contribution in [0.1, 0.15) is 35.7 Å². The minimum absolute atomic E-state index is 0.182. The number of hydrogen-bond acceptors (Lipinski definition) is 6. The third-order valence-electron chi connectivity index (χ3n) is 5.40. The number of aromatic nitrogens is 1. The highest BCUT2D eigenvalue weighted by Crippen LogP contribution is 2.41. The zero-order valence-corrected chi connectivity index (χ0v) is 19.3. The van der Waals surface area contributed by atoms with E-state index < -0.39 is 0 Å². The number of oxazole rings is 1. The fraction of sp³-hybridized carbons (Fsp3) is 0.231. The second-order valence-electron chi connectivity index (χ2n) is 7.85. The Labute approximate surface area is 192 Å². The molecule has 0 fully saturated rings. The van der Waals surface area contributed by atoms with Crippen LogP contribution in [-0.4, -0.2) is 32.2 Å². The Morgan fingerprint density at radius 1 is 0.909 bits per heavy atom. The highest BCUT2D eigenvalue weighted by atomic mass is 16.5. The highest BCUT2D eigenvalue weighted by Gasteiger charge is 2.18. The minimum Gasteiger partial charge on any atom is -0.493 e. The Morgan fingerprint density at radius 2 is 1.58 bits per heavy atom. The Hall–Kier alpha value is -4.00. The van der Waals surface area contributed by atoms with Crippen molar-refractivity contribution in [2.24, 2.45) is 0 Å². The zero-order valence-electron chi connectivity index (χ0n) is 19.3. The highest BCUT2D eigenvalue weighted by molar-refractivity contribution is 6.05. The topological polar surface area (TPSA) is 82.8 Å². The van der Waals surface area contributed by atoms with Crippen LogP contribution in [-0.2, 0) is 0 Å². The van der Waals surface area contributed by atoms with Gasteiger partial charge in [0.25, 0.3) is 5.91 Å². The molecule has 4 rings (SSSR count). The lowest BCUT2D eigenvalue weighted by Gasteiger charge is -2.12. The van der Waals surface area contributed by atoms with Gasteiger partial charge in [0.2, 0.25) is 11.6 Å². The van der Waals surface area contributed by atoms with Crippen LogP contribution in [0.4, 0.5) is 5.69 Å². The lowest BCUT2D eigenvalue weighted by molar-refractivity contribution is 0.102. The van der Waals surface area contributed by atoms with E-state index in [2.05, 4.69) is 24.1 Å². The number of fused-ring (bicyclic) bond motifs is 1. The van der Waals surface area contributed by atoms with Gasteiger partial charge in [-0.3, -0.25) is 4.79 Å². The summed E-state index contributed by atoms with van der Waals surface area (Å²) < 4.78 is 22.1. The smallest absolute Gasteiger partial charge is 0.255 e. The van der Waals surface area contributed by atoms with E-state index in [1.54, 1.807) is 51.7 Å². The van der Waals surface area contributed by atoms with Gasteiger partial charge >= 0.3 is 0 Å². The molecule has 0 aliphatic carbocycles. The van der Waals surface area contributed by atoms with Gasteiger partial charge in [-0.1, -0.05) is 26.0 Å². The summed E-state index contributed by atoms with van der Waals surface area (Å²) in [5.74, 6) is 2.13. The Kier molecular flexibility index (Phi) is 6.22. The monoisotopic (exact) mass is 446 g/mol. The number of nitrogens with zero attached hydrogens (tertiary/aromatic N) is 1. The molecule has 7 nitrogen and oxygen atoms in total. The molecule has 0 unspecified atom stereocenters. The van der Waals surface area contributed by atoms with Gasteiger partial charge in [-0.15, -0.1) is 0 Å². The summed E-state index contributed by atoms with van der Waals surface area (Å²) in [5.41, 5.74) is 4.30. The van der Waals surface area contributed by atoms with Crippen LogP contribution in [0, 0.1) is 0 Å². The van der Waals surface area contributed by atoms with Crippen molar-refractivity contribution in [2.75, 3.05) is 26.6 Å². The second-order valence-corrected chi connectivity index (χ2v) is 7.85. The van der Waals surface area contributed by atoms with E-state index in [0.717, 1.165) is 0 Å². The molecule has 0 saturated carbocycles. The number of carbonyl (C=O) groups excluding carboxylic acids is 1. The van der Waals surface area contributed by atoms with Crippen molar-refractivity contribution >= 4 is 22.7 Å². The molecule has 170 valence electrons. The van der Waals surface area contributed by atoms with Gasteiger partial charge in [-0.05, 0) is 53.9 Å². The number of nitrogens with one attached hydrogen (secondary N) is 1. The molecule has 0 aliphatic heterocycles. The maximum Gasteiger partial charge on any atom is 0.255 e. The van der Waals surface area contributed by atoms with Gasteiger partial charge in [-0.25, -0.2) is 4.98 Å². The van der Waals surface area contributed by atoms with Gasteiger partial charge in [-0.2, -0.15) is 0 Å². The van der Waals surface area contributed by atoms with E-state index in [-0.39, 0.29) is 5.91 Å². The van der Waals surface area contributed by atoms with E-state index in [1.165, 1.54) is 5.56 Å². The average Bonchev–Trinajstić information content (AvgIpc) is 3.26. The Morgan fingerprint density at radius 3 is 2.15 bits per heavy atom. The molecule has 7 heteroatoms. The quantitative estimate of drug-likeness (QED) is 0.381. The lowest BCUT2D eigenvalue weighted by atomic mass is 10.0. The van der Waals surface area contributed by atoms with Crippen molar-refractivity contribution in [1.29, 1.82) is 0 Å². The number of anilines is 1. The first-order chi connectivity index (χ1) is 15.9. The maximum atomic E-state index is 12.7. The molecule has 0 bridgehead atoms. The van der Waals surface area contributed by atoms with Crippen molar-refractivity contribution in [3.05, 3.63) is 65.7 Å². The predicted molar refractivity (Wildman–Crippen MR) is 128 cm³/mol.